The molecule has 0 saturated heterocycles. The quantitative estimate of drug-likeness (QED) is 0.159. The Morgan fingerprint density at radius 2 is 1.27 bits per heavy atom. The first-order chi connectivity index (χ1) is 21.6. The highest BCUT2D eigenvalue weighted by molar-refractivity contribution is 7.90. The monoisotopic (exact) mass is 627 g/mol. The van der Waals surface area contributed by atoms with Crippen LogP contribution in [0, 0.1) is 12.9 Å². The summed E-state index contributed by atoms with van der Waals surface area (Å²) in [6.45, 7) is 2.72. The predicted octanol–water partition coefficient (Wildman–Crippen LogP) is 5.79. The maximum Gasteiger partial charge on any atom is 0.229 e. The highest BCUT2D eigenvalue weighted by Gasteiger charge is 2.18. The van der Waals surface area contributed by atoms with Gasteiger partial charge >= 0.3 is 0 Å². The average Bonchev–Trinajstić information content (AvgIpc) is 3.04. The van der Waals surface area contributed by atoms with Crippen molar-refractivity contribution in [3.8, 4) is 22.9 Å². The lowest BCUT2D eigenvalue weighted by molar-refractivity contribution is 0.414. The van der Waals surface area contributed by atoms with Crippen LogP contribution in [0.4, 0.5) is 10.3 Å². The third kappa shape index (κ3) is 8.18. The van der Waals surface area contributed by atoms with E-state index in [-0.39, 0.29) is 16.3 Å². The molecule has 45 heavy (non-hydrogen) atoms. The summed E-state index contributed by atoms with van der Waals surface area (Å²) in [5, 5.41) is 0. The van der Waals surface area contributed by atoms with Crippen molar-refractivity contribution in [3.05, 3.63) is 119 Å². The van der Waals surface area contributed by atoms with Gasteiger partial charge in [0.05, 0.1) is 24.7 Å². The summed E-state index contributed by atoms with van der Waals surface area (Å²) in [6.07, 6.45) is 3.87. The first-order valence-electron chi connectivity index (χ1n) is 14.3. The minimum Gasteiger partial charge on any atom is -0.497 e. The van der Waals surface area contributed by atoms with Gasteiger partial charge < -0.3 is 14.4 Å². The number of nitrogens with zero attached hydrogens (tertiary/aromatic N) is 5. The standard InChI is InChI=1S/C34H34FN5O4S/c1-23-37-33(31-19-27(20-36-32(31)35)6-5-24-11-17-30(18-12-24)45(4,41)42)39-34(38-23)40(21-25-7-13-28(43-2)14-8-25)22-26-9-15-29(44-3)16-10-26/h7-20H,5-6,21-22H2,1-4H3. The Bertz CT molecular complexity index is 1820. The van der Waals surface area contributed by atoms with Crippen LogP contribution >= 0.6 is 0 Å². The molecular formula is C34H34FN5O4S. The lowest BCUT2D eigenvalue weighted by Crippen LogP contribution is -2.25. The fourth-order valence-corrected chi connectivity index (χ4v) is 5.44. The number of sulfone groups is 1. The van der Waals surface area contributed by atoms with Crippen molar-refractivity contribution in [2.45, 2.75) is 37.8 Å². The molecule has 0 amide bonds. The van der Waals surface area contributed by atoms with Crippen molar-refractivity contribution >= 4 is 15.8 Å². The number of anilines is 1. The maximum atomic E-state index is 15.2. The van der Waals surface area contributed by atoms with Gasteiger partial charge in [0, 0.05) is 25.5 Å². The summed E-state index contributed by atoms with van der Waals surface area (Å²) in [7, 11) is -0.0144. The second kappa shape index (κ2) is 13.8. The molecule has 0 N–H and O–H groups in total. The van der Waals surface area contributed by atoms with Gasteiger partial charge in [-0.15, -0.1) is 0 Å². The maximum absolute atomic E-state index is 15.2. The van der Waals surface area contributed by atoms with Gasteiger partial charge in [-0.25, -0.2) is 18.4 Å². The number of methoxy groups -OCH3 is 2. The molecule has 3 aromatic carbocycles. The van der Waals surface area contributed by atoms with Crippen molar-refractivity contribution in [2.24, 2.45) is 0 Å². The zero-order valence-electron chi connectivity index (χ0n) is 25.6. The molecule has 0 aliphatic heterocycles. The zero-order valence-corrected chi connectivity index (χ0v) is 26.4. The predicted molar refractivity (Wildman–Crippen MR) is 171 cm³/mol. The number of aryl methyl sites for hydroxylation is 3. The molecule has 5 aromatic rings. The van der Waals surface area contributed by atoms with Crippen LogP contribution in [0.1, 0.15) is 28.1 Å². The van der Waals surface area contributed by atoms with Gasteiger partial charge in [-0.1, -0.05) is 36.4 Å². The normalized spacial score (nSPS) is 11.3. The molecule has 0 saturated carbocycles. The SMILES string of the molecule is COc1ccc(CN(Cc2ccc(OC)cc2)c2nc(C)nc(-c3cc(CCc4ccc(S(C)(=O)=O)cc4)cnc3F)n2)cc1. The second-order valence-electron chi connectivity index (χ2n) is 10.7. The van der Waals surface area contributed by atoms with Crippen molar-refractivity contribution in [3.63, 3.8) is 0 Å². The van der Waals surface area contributed by atoms with Crippen LogP contribution in [0.15, 0.2) is 90.0 Å². The van der Waals surface area contributed by atoms with Crippen molar-refractivity contribution in [2.75, 3.05) is 25.4 Å². The topological polar surface area (TPSA) is 107 Å². The van der Waals surface area contributed by atoms with Gasteiger partial charge in [0.15, 0.2) is 15.7 Å². The number of benzene rings is 3. The van der Waals surface area contributed by atoms with E-state index in [2.05, 4.69) is 15.0 Å². The lowest BCUT2D eigenvalue weighted by atomic mass is 10.0. The van der Waals surface area contributed by atoms with Gasteiger partial charge in [-0.3, -0.25) is 0 Å². The van der Waals surface area contributed by atoms with Gasteiger partial charge in [0.1, 0.15) is 17.3 Å². The van der Waals surface area contributed by atoms with E-state index in [0.717, 1.165) is 33.8 Å². The number of hydrogen-bond acceptors (Lipinski definition) is 9. The Morgan fingerprint density at radius 3 is 1.80 bits per heavy atom. The molecule has 0 fully saturated rings. The van der Waals surface area contributed by atoms with E-state index in [9.17, 15) is 8.42 Å². The van der Waals surface area contributed by atoms with E-state index in [4.69, 9.17) is 14.5 Å². The molecule has 0 unspecified atom stereocenters. The Morgan fingerprint density at radius 1 is 0.733 bits per heavy atom. The molecule has 0 aliphatic carbocycles. The number of pyridine rings is 1. The molecule has 0 bridgehead atoms. The molecule has 9 nitrogen and oxygen atoms in total. The third-order valence-corrected chi connectivity index (χ3v) is 8.40. The van der Waals surface area contributed by atoms with E-state index in [1.54, 1.807) is 51.5 Å². The van der Waals surface area contributed by atoms with E-state index < -0.39 is 15.8 Å². The summed E-state index contributed by atoms with van der Waals surface area (Å²) >= 11 is 0. The van der Waals surface area contributed by atoms with E-state index in [1.807, 2.05) is 53.4 Å². The third-order valence-electron chi connectivity index (χ3n) is 7.27. The fourth-order valence-electron chi connectivity index (χ4n) is 4.81. The number of hydrogen-bond donors (Lipinski definition) is 0. The minimum absolute atomic E-state index is 0.181. The number of aromatic nitrogens is 4. The van der Waals surface area contributed by atoms with Crippen molar-refractivity contribution < 1.29 is 22.3 Å². The van der Waals surface area contributed by atoms with Crippen LogP contribution in [0.5, 0.6) is 11.5 Å². The lowest BCUT2D eigenvalue weighted by Gasteiger charge is -2.24. The van der Waals surface area contributed by atoms with Crippen LogP contribution in [0.2, 0.25) is 0 Å². The number of halogens is 1. The van der Waals surface area contributed by atoms with Crippen molar-refractivity contribution in [1.82, 2.24) is 19.9 Å². The van der Waals surface area contributed by atoms with Gasteiger partial charge in [0.25, 0.3) is 0 Å². The largest absolute Gasteiger partial charge is 0.497 e. The van der Waals surface area contributed by atoms with Crippen LogP contribution in [-0.4, -0.2) is 48.8 Å². The Balaban J connectivity index is 1.43. The summed E-state index contributed by atoms with van der Waals surface area (Å²) in [5.74, 6) is 1.88. The summed E-state index contributed by atoms with van der Waals surface area (Å²) < 4.78 is 49.4. The highest BCUT2D eigenvalue weighted by Crippen LogP contribution is 2.25. The molecule has 0 atom stereocenters. The second-order valence-corrected chi connectivity index (χ2v) is 12.7. The van der Waals surface area contributed by atoms with E-state index in [0.29, 0.717) is 37.7 Å². The van der Waals surface area contributed by atoms with E-state index in [1.165, 1.54) is 12.5 Å². The zero-order chi connectivity index (χ0) is 32.0. The van der Waals surface area contributed by atoms with Gasteiger partial charge in [-0.2, -0.15) is 14.4 Å². The number of rotatable bonds is 12. The Hall–Kier alpha value is -4.90. The first kappa shape index (κ1) is 31.5. The van der Waals surface area contributed by atoms with Crippen LogP contribution in [0.3, 0.4) is 0 Å². The van der Waals surface area contributed by atoms with Crippen LogP contribution < -0.4 is 14.4 Å². The fraction of sp³-hybridized carbons (Fsp3) is 0.235. The highest BCUT2D eigenvalue weighted by atomic mass is 32.2. The molecule has 2 heterocycles. The summed E-state index contributed by atoms with van der Waals surface area (Å²) in [6, 6.07) is 24.0. The Kier molecular flexibility index (Phi) is 9.68. The smallest absolute Gasteiger partial charge is 0.229 e. The van der Waals surface area contributed by atoms with E-state index >= 15 is 4.39 Å². The summed E-state index contributed by atoms with van der Waals surface area (Å²) in [4.78, 5) is 20.1. The molecule has 5 rings (SSSR count). The molecule has 11 heteroatoms. The van der Waals surface area contributed by atoms with Gasteiger partial charge in [0.2, 0.25) is 11.9 Å². The molecule has 0 radical (unpaired) electrons. The average molecular weight is 628 g/mol. The molecule has 0 spiro atoms. The first-order valence-corrected chi connectivity index (χ1v) is 16.2. The molecule has 2 aromatic heterocycles. The van der Waals surface area contributed by atoms with Crippen LogP contribution in [0.25, 0.3) is 11.4 Å². The van der Waals surface area contributed by atoms with Crippen molar-refractivity contribution in [1.29, 1.82) is 0 Å². The Labute approximate surface area is 262 Å². The molecular weight excluding hydrogens is 593 g/mol. The number of ether oxygens (including phenoxy) is 2. The van der Waals surface area contributed by atoms with Crippen LogP contribution in [-0.2, 0) is 35.8 Å². The molecule has 0 aliphatic rings. The molecule has 232 valence electrons. The minimum atomic E-state index is -3.27. The van der Waals surface area contributed by atoms with Gasteiger partial charge in [-0.05, 0) is 84.5 Å². The summed E-state index contributed by atoms with van der Waals surface area (Å²) in [5.41, 5.74) is 3.97.